The standard InChI is InChI=1S/C8H11N3O/c9-11-10-8(12)7-4-5-1-2-6(7)3-5/h5-7H,1-4H2/t5-,6+,7-/m0/s1. The van der Waals surface area contributed by atoms with Crippen LogP contribution in [0.25, 0.3) is 10.4 Å². The highest BCUT2D eigenvalue weighted by molar-refractivity contribution is 5.80. The SMILES string of the molecule is [N-]=[N+]=NC(=O)[C@H]1C[C@H]2CC[C@@H]1C2. The Kier molecular flexibility index (Phi) is 1.77. The van der Waals surface area contributed by atoms with Crippen LogP contribution < -0.4 is 0 Å². The third-order valence-electron chi connectivity index (χ3n) is 3.20. The lowest BCUT2D eigenvalue weighted by Gasteiger charge is -2.17. The molecule has 0 aromatic heterocycles. The zero-order chi connectivity index (χ0) is 8.55. The fourth-order valence-electron chi connectivity index (χ4n) is 2.67. The van der Waals surface area contributed by atoms with E-state index in [4.69, 9.17) is 5.53 Å². The Labute approximate surface area is 70.6 Å². The third-order valence-corrected chi connectivity index (χ3v) is 3.20. The second kappa shape index (κ2) is 2.79. The summed E-state index contributed by atoms with van der Waals surface area (Å²) in [5, 5.41) is 3.17. The van der Waals surface area contributed by atoms with Crippen molar-refractivity contribution < 1.29 is 4.79 Å². The van der Waals surface area contributed by atoms with Gasteiger partial charge in [-0.15, -0.1) is 0 Å². The van der Waals surface area contributed by atoms with Crippen molar-refractivity contribution in [2.75, 3.05) is 0 Å². The van der Waals surface area contributed by atoms with Crippen molar-refractivity contribution in [1.82, 2.24) is 0 Å². The number of hydrogen-bond acceptors (Lipinski definition) is 1. The van der Waals surface area contributed by atoms with Crippen LogP contribution in [0.15, 0.2) is 5.11 Å². The molecule has 2 rings (SSSR count). The minimum atomic E-state index is -0.232. The zero-order valence-electron chi connectivity index (χ0n) is 6.81. The molecule has 64 valence electrons. The Balaban J connectivity index is 2.07. The van der Waals surface area contributed by atoms with Gasteiger partial charge in [0.15, 0.2) is 0 Å². The van der Waals surface area contributed by atoms with Crippen molar-refractivity contribution in [2.45, 2.75) is 25.7 Å². The first-order valence-electron chi connectivity index (χ1n) is 4.40. The van der Waals surface area contributed by atoms with Gasteiger partial charge in [-0.1, -0.05) is 6.42 Å². The van der Waals surface area contributed by atoms with Gasteiger partial charge in [-0.05, 0) is 41.7 Å². The topological polar surface area (TPSA) is 65.8 Å². The van der Waals surface area contributed by atoms with Crippen LogP contribution in [0.5, 0.6) is 0 Å². The monoisotopic (exact) mass is 165 g/mol. The molecule has 0 unspecified atom stereocenters. The Hall–Kier alpha value is -1.02. The van der Waals surface area contributed by atoms with E-state index in [2.05, 4.69) is 10.0 Å². The molecule has 0 saturated heterocycles. The molecule has 12 heavy (non-hydrogen) atoms. The number of carbonyl (C=O) groups is 1. The van der Waals surface area contributed by atoms with E-state index in [0.717, 1.165) is 18.8 Å². The molecule has 2 saturated carbocycles. The molecule has 2 bridgehead atoms. The quantitative estimate of drug-likeness (QED) is 0.334. The lowest BCUT2D eigenvalue weighted by atomic mass is 9.88. The number of hydrogen-bond donors (Lipinski definition) is 0. The Morgan fingerprint density at radius 3 is 2.75 bits per heavy atom. The molecule has 2 aliphatic rings. The van der Waals surface area contributed by atoms with Crippen LogP contribution in [-0.2, 0) is 4.79 Å². The summed E-state index contributed by atoms with van der Waals surface area (Å²) >= 11 is 0. The van der Waals surface area contributed by atoms with Crippen LogP contribution in [0.2, 0.25) is 0 Å². The number of azide groups is 1. The van der Waals surface area contributed by atoms with Gasteiger partial charge in [0.1, 0.15) is 0 Å². The highest BCUT2D eigenvalue weighted by atomic mass is 16.1. The molecule has 2 fully saturated rings. The Morgan fingerprint density at radius 1 is 1.42 bits per heavy atom. The van der Waals surface area contributed by atoms with Gasteiger partial charge in [0.25, 0.3) is 0 Å². The van der Waals surface area contributed by atoms with E-state index in [1.807, 2.05) is 0 Å². The van der Waals surface area contributed by atoms with Crippen LogP contribution in [0.1, 0.15) is 25.7 Å². The van der Waals surface area contributed by atoms with E-state index in [9.17, 15) is 4.79 Å². The Morgan fingerprint density at radius 2 is 2.25 bits per heavy atom. The van der Waals surface area contributed by atoms with Gasteiger partial charge in [-0.2, -0.15) is 0 Å². The smallest absolute Gasteiger partial charge is 0.222 e. The first kappa shape index (κ1) is 7.62. The van der Waals surface area contributed by atoms with E-state index in [1.54, 1.807) is 0 Å². The van der Waals surface area contributed by atoms with E-state index in [0.29, 0.717) is 5.92 Å². The molecule has 2 aliphatic carbocycles. The minimum Gasteiger partial charge on any atom is -0.292 e. The fraction of sp³-hybridized carbons (Fsp3) is 0.875. The van der Waals surface area contributed by atoms with E-state index in [1.165, 1.54) is 12.8 Å². The molecule has 1 amide bonds. The van der Waals surface area contributed by atoms with Gasteiger partial charge < -0.3 is 0 Å². The summed E-state index contributed by atoms with van der Waals surface area (Å²) in [5.74, 6) is 1.08. The second-order valence-corrected chi connectivity index (χ2v) is 3.81. The van der Waals surface area contributed by atoms with Gasteiger partial charge in [0, 0.05) is 10.8 Å². The van der Waals surface area contributed by atoms with Gasteiger partial charge in [0.2, 0.25) is 5.91 Å². The maximum absolute atomic E-state index is 11.2. The van der Waals surface area contributed by atoms with Crippen molar-refractivity contribution in [1.29, 1.82) is 0 Å². The fourth-order valence-corrected chi connectivity index (χ4v) is 2.67. The van der Waals surface area contributed by atoms with Crippen LogP contribution in [0.4, 0.5) is 0 Å². The summed E-state index contributed by atoms with van der Waals surface area (Å²) < 4.78 is 0. The molecule has 0 aliphatic heterocycles. The largest absolute Gasteiger partial charge is 0.292 e. The van der Waals surface area contributed by atoms with Crippen molar-refractivity contribution in [3.8, 4) is 0 Å². The van der Waals surface area contributed by atoms with E-state index in [-0.39, 0.29) is 11.8 Å². The molecule has 0 heterocycles. The average Bonchev–Trinajstić information content (AvgIpc) is 2.64. The van der Waals surface area contributed by atoms with Gasteiger partial charge in [0.05, 0.1) is 0 Å². The number of rotatable bonds is 1. The van der Waals surface area contributed by atoms with Crippen LogP contribution in [0, 0.1) is 17.8 Å². The van der Waals surface area contributed by atoms with E-state index < -0.39 is 0 Å². The molecule has 0 N–H and O–H groups in total. The van der Waals surface area contributed by atoms with Gasteiger partial charge in [-0.3, -0.25) is 4.79 Å². The number of amides is 1. The second-order valence-electron chi connectivity index (χ2n) is 3.81. The summed E-state index contributed by atoms with van der Waals surface area (Å²) in [7, 11) is 0. The number of nitrogens with zero attached hydrogens (tertiary/aromatic N) is 3. The summed E-state index contributed by atoms with van der Waals surface area (Å²) in [6.07, 6.45) is 4.56. The predicted octanol–water partition coefficient (Wildman–Crippen LogP) is 2.26. The van der Waals surface area contributed by atoms with Crippen molar-refractivity contribution >= 4 is 5.91 Å². The van der Waals surface area contributed by atoms with Crippen molar-refractivity contribution in [3.05, 3.63) is 10.4 Å². The molecule has 0 radical (unpaired) electrons. The third kappa shape index (κ3) is 1.08. The molecule has 4 nitrogen and oxygen atoms in total. The summed E-state index contributed by atoms with van der Waals surface area (Å²) in [6.45, 7) is 0. The lowest BCUT2D eigenvalue weighted by molar-refractivity contribution is -0.123. The van der Waals surface area contributed by atoms with E-state index >= 15 is 0 Å². The summed E-state index contributed by atoms with van der Waals surface area (Å²) in [4.78, 5) is 13.8. The minimum absolute atomic E-state index is 0.0552. The first-order valence-corrected chi connectivity index (χ1v) is 4.40. The molecule has 0 spiro atoms. The normalized spacial score (nSPS) is 37.8. The molecular formula is C8H11N3O. The van der Waals surface area contributed by atoms with Crippen LogP contribution in [-0.4, -0.2) is 5.91 Å². The average molecular weight is 165 g/mol. The highest BCUT2D eigenvalue weighted by Gasteiger charge is 2.42. The lowest BCUT2D eigenvalue weighted by Crippen LogP contribution is -2.18. The number of fused-ring (bicyclic) bond motifs is 2. The molecular weight excluding hydrogens is 154 g/mol. The summed E-state index contributed by atoms with van der Waals surface area (Å²) in [5.41, 5.74) is 8.10. The Bertz CT molecular complexity index is 257. The van der Waals surface area contributed by atoms with Gasteiger partial charge in [-0.25, -0.2) is 0 Å². The maximum atomic E-state index is 11.2. The summed E-state index contributed by atoms with van der Waals surface area (Å²) in [6, 6.07) is 0. The van der Waals surface area contributed by atoms with Gasteiger partial charge >= 0.3 is 0 Å². The predicted molar refractivity (Wildman–Crippen MR) is 43.1 cm³/mol. The zero-order valence-corrected chi connectivity index (χ0v) is 6.81. The first-order chi connectivity index (χ1) is 5.81. The van der Waals surface area contributed by atoms with Crippen LogP contribution in [0.3, 0.4) is 0 Å². The van der Waals surface area contributed by atoms with Crippen molar-refractivity contribution in [3.63, 3.8) is 0 Å². The molecule has 3 atom stereocenters. The molecule has 4 heteroatoms. The van der Waals surface area contributed by atoms with Crippen LogP contribution >= 0.6 is 0 Å². The number of carbonyl (C=O) groups excluding carboxylic acids is 1. The maximum Gasteiger partial charge on any atom is 0.222 e. The highest BCUT2D eigenvalue weighted by Crippen LogP contribution is 2.48. The van der Waals surface area contributed by atoms with Crippen molar-refractivity contribution in [2.24, 2.45) is 22.9 Å². The molecule has 0 aromatic carbocycles. The molecule has 0 aromatic rings.